The lowest BCUT2D eigenvalue weighted by Crippen LogP contribution is -2.43. The molecule has 5 nitrogen and oxygen atoms in total. The molecule has 2 heterocycles. The first-order valence-corrected chi connectivity index (χ1v) is 10.1. The van der Waals surface area contributed by atoms with E-state index in [9.17, 15) is 9.18 Å². The van der Waals surface area contributed by atoms with Crippen molar-refractivity contribution in [3.63, 3.8) is 0 Å². The summed E-state index contributed by atoms with van der Waals surface area (Å²) >= 11 is 6.22. The molecular weight excluding hydrogens is 381 g/mol. The number of rotatable bonds is 4. The standard InChI is InChI=1S/C21H25ClFN3O2/c1-12-7-15(5-6-28-12)25-19-16-8-14(22)3-4-17(16)24-11-18(19)26-20(27)13-9-21(2,23)10-13/h3-4,8,11-13,15H,5-7,9-10H2,1-2H3,(H,24,25)(H,26,27)/t12-,13-,15-,21+/m1/s1. The van der Waals surface area contributed by atoms with E-state index in [1.807, 2.05) is 12.1 Å². The maximum absolute atomic E-state index is 13.8. The third kappa shape index (κ3) is 4.08. The molecule has 0 unspecified atom stereocenters. The summed E-state index contributed by atoms with van der Waals surface area (Å²) in [4.78, 5) is 17.1. The molecule has 2 atom stereocenters. The average molecular weight is 406 g/mol. The van der Waals surface area contributed by atoms with Gasteiger partial charge < -0.3 is 15.4 Å². The number of benzene rings is 1. The quantitative estimate of drug-likeness (QED) is 0.755. The number of pyridine rings is 1. The Labute approximate surface area is 169 Å². The Balaban J connectivity index is 1.64. The van der Waals surface area contributed by atoms with Crippen LogP contribution in [0.3, 0.4) is 0 Å². The predicted octanol–water partition coefficient (Wildman–Crippen LogP) is 4.94. The zero-order chi connectivity index (χ0) is 19.9. The molecule has 0 radical (unpaired) electrons. The Hall–Kier alpha value is -1.92. The second-order valence-corrected chi connectivity index (χ2v) is 8.70. The molecule has 2 fully saturated rings. The molecule has 2 N–H and O–H groups in total. The Morgan fingerprint density at radius 2 is 2.18 bits per heavy atom. The molecule has 1 saturated heterocycles. The van der Waals surface area contributed by atoms with Crippen molar-refractivity contribution in [2.24, 2.45) is 5.92 Å². The van der Waals surface area contributed by atoms with Crippen molar-refractivity contribution >= 4 is 39.8 Å². The lowest BCUT2D eigenvalue weighted by molar-refractivity contribution is -0.127. The molecule has 28 heavy (non-hydrogen) atoms. The molecule has 1 aliphatic heterocycles. The number of aromatic nitrogens is 1. The van der Waals surface area contributed by atoms with Crippen LogP contribution in [0.1, 0.15) is 39.5 Å². The normalized spacial score (nSPS) is 29.9. The van der Waals surface area contributed by atoms with Crippen LogP contribution >= 0.6 is 11.6 Å². The van der Waals surface area contributed by atoms with Gasteiger partial charge in [-0.3, -0.25) is 9.78 Å². The van der Waals surface area contributed by atoms with Crippen LogP contribution in [0.2, 0.25) is 5.02 Å². The third-order valence-corrected chi connectivity index (χ3v) is 5.87. The molecule has 1 saturated carbocycles. The topological polar surface area (TPSA) is 63.2 Å². The number of nitrogens with one attached hydrogen (secondary N) is 2. The summed E-state index contributed by atoms with van der Waals surface area (Å²) in [5.41, 5.74) is 0.967. The largest absolute Gasteiger partial charge is 0.380 e. The van der Waals surface area contributed by atoms with Crippen molar-refractivity contribution in [1.29, 1.82) is 0 Å². The summed E-state index contributed by atoms with van der Waals surface area (Å²) in [5, 5.41) is 8.00. The van der Waals surface area contributed by atoms with Crippen LogP contribution in [0, 0.1) is 5.92 Å². The van der Waals surface area contributed by atoms with Gasteiger partial charge in [0.05, 0.1) is 29.2 Å². The van der Waals surface area contributed by atoms with Gasteiger partial charge in [-0.15, -0.1) is 0 Å². The minimum atomic E-state index is -1.24. The molecule has 1 aliphatic carbocycles. The molecular formula is C21H25ClFN3O2. The van der Waals surface area contributed by atoms with Gasteiger partial charge in [0, 0.05) is 29.0 Å². The second kappa shape index (κ2) is 7.48. The van der Waals surface area contributed by atoms with E-state index in [-0.39, 0.29) is 36.8 Å². The fourth-order valence-electron chi connectivity index (χ4n) is 4.14. The van der Waals surface area contributed by atoms with Gasteiger partial charge in [-0.2, -0.15) is 0 Å². The number of fused-ring (bicyclic) bond motifs is 1. The molecule has 0 bridgehead atoms. The molecule has 150 valence electrons. The highest BCUT2D eigenvalue weighted by Crippen LogP contribution is 2.42. The van der Waals surface area contributed by atoms with Crippen LogP contribution in [0.5, 0.6) is 0 Å². The van der Waals surface area contributed by atoms with Gasteiger partial charge in [-0.1, -0.05) is 11.6 Å². The zero-order valence-electron chi connectivity index (χ0n) is 16.1. The molecule has 4 rings (SSSR count). The monoisotopic (exact) mass is 405 g/mol. The summed E-state index contributed by atoms with van der Waals surface area (Å²) in [6, 6.07) is 5.74. The minimum absolute atomic E-state index is 0.165. The second-order valence-electron chi connectivity index (χ2n) is 8.26. The fraction of sp³-hybridized carbons (Fsp3) is 0.524. The number of carbonyl (C=O) groups is 1. The third-order valence-electron chi connectivity index (χ3n) is 5.64. The summed E-state index contributed by atoms with van der Waals surface area (Å²) in [6.07, 6.45) is 4.11. The SMILES string of the molecule is C[C@@H]1C[C@H](Nc2c(NC(=O)[C@H]3C[C@@](C)(F)C3)cnc3ccc(Cl)cc23)CCO1. The number of carbonyl (C=O) groups excluding carboxylic acids is 1. The van der Waals surface area contributed by atoms with Gasteiger partial charge in [0.25, 0.3) is 0 Å². The van der Waals surface area contributed by atoms with Crippen molar-refractivity contribution < 1.29 is 13.9 Å². The molecule has 2 aromatic rings. The van der Waals surface area contributed by atoms with Crippen LogP contribution in [0.25, 0.3) is 10.9 Å². The number of alkyl halides is 1. The van der Waals surface area contributed by atoms with Gasteiger partial charge in [0.1, 0.15) is 5.67 Å². The number of hydrogen-bond acceptors (Lipinski definition) is 4. The Morgan fingerprint density at radius 3 is 2.89 bits per heavy atom. The van der Waals surface area contributed by atoms with Crippen LogP contribution in [-0.4, -0.2) is 35.3 Å². The number of anilines is 2. The number of ether oxygens (including phenoxy) is 1. The lowest BCUT2D eigenvalue weighted by atomic mass is 9.73. The lowest BCUT2D eigenvalue weighted by Gasteiger charge is -2.37. The van der Waals surface area contributed by atoms with E-state index in [4.69, 9.17) is 16.3 Å². The smallest absolute Gasteiger partial charge is 0.227 e. The van der Waals surface area contributed by atoms with Gasteiger partial charge in [-0.05, 0) is 57.7 Å². The minimum Gasteiger partial charge on any atom is -0.380 e. The highest BCUT2D eigenvalue weighted by Gasteiger charge is 2.44. The van der Waals surface area contributed by atoms with Crippen LogP contribution < -0.4 is 10.6 Å². The fourth-order valence-corrected chi connectivity index (χ4v) is 4.31. The van der Waals surface area contributed by atoms with Gasteiger partial charge >= 0.3 is 0 Å². The molecule has 0 spiro atoms. The molecule has 1 aromatic carbocycles. The number of halogens is 2. The van der Waals surface area contributed by atoms with Gasteiger partial charge in [-0.25, -0.2) is 4.39 Å². The maximum Gasteiger partial charge on any atom is 0.227 e. The Morgan fingerprint density at radius 1 is 1.39 bits per heavy atom. The van der Waals surface area contributed by atoms with Crippen LogP contribution in [-0.2, 0) is 9.53 Å². The molecule has 2 aliphatic rings. The van der Waals surface area contributed by atoms with Crippen molar-refractivity contribution in [3.05, 3.63) is 29.4 Å². The number of hydrogen-bond donors (Lipinski definition) is 2. The summed E-state index contributed by atoms with van der Waals surface area (Å²) in [5.74, 6) is -0.470. The van der Waals surface area contributed by atoms with E-state index < -0.39 is 5.67 Å². The zero-order valence-corrected chi connectivity index (χ0v) is 16.9. The van der Waals surface area contributed by atoms with Crippen molar-refractivity contribution in [2.45, 2.75) is 57.3 Å². The summed E-state index contributed by atoms with van der Waals surface area (Å²) < 4.78 is 19.4. The Kier molecular flexibility index (Phi) is 5.19. The van der Waals surface area contributed by atoms with Crippen molar-refractivity contribution in [3.8, 4) is 0 Å². The summed E-state index contributed by atoms with van der Waals surface area (Å²) in [7, 11) is 0. The molecule has 7 heteroatoms. The first kappa shape index (κ1) is 19.4. The molecule has 1 aromatic heterocycles. The summed E-state index contributed by atoms with van der Waals surface area (Å²) in [6.45, 7) is 4.29. The highest BCUT2D eigenvalue weighted by molar-refractivity contribution is 6.31. The predicted molar refractivity (Wildman–Crippen MR) is 110 cm³/mol. The first-order valence-electron chi connectivity index (χ1n) is 9.77. The number of nitrogens with zero attached hydrogens (tertiary/aromatic N) is 1. The van der Waals surface area contributed by atoms with Crippen molar-refractivity contribution in [1.82, 2.24) is 4.98 Å². The highest BCUT2D eigenvalue weighted by atomic mass is 35.5. The maximum atomic E-state index is 13.8. The first-order chi connectivity index (χ1) is 13.3. The Bertz CT molecular complexity index is 897. The van der Waals surface area contributed by atoms with E-state index in [0.29, 0.717) is 17.3 Å². The van der Waals surface area contributed by atoms with Crippen LogP contribution in [0.15, 0.2) is 24.4 Å². The molecule has 1 amide bonds. The van der Waals surface area contributed by atoms with E-state index in [0.717, 1.165) is 29.4 Å². The van der Waals surface area contributed by atoms with E-state index in [1.165, 1.54) is 6.92 Å². The average Bonchev–Trinajstić information content (AvgIpc) is 2.61. The van der Waals surface area contributed by atoms with E-state index in [2.05, 4.69) is 22.5 Å². The number of amides is 1. The van der Waals surface area contributed by atoms with E-state index >= 15 is 0 Å². The van der Waals surface area contributed by atoms with Gasteiger partial charge in [0.2, 0.25) is 5.91 Å². The van der Waals surface area contributed by atoms with Gasteiger partial charge in [0.15, 0.2) is 0 Å². The van der Waals surface area contributed by atoms with E-state index in [1.54, 1.807) is 12.3 Å². The van der Waals surface area contributed by atoms with Crippen LogP contribution in [0.4, 0.5) is 15.8 Å². The van der Waals surface area contributed by atoms with Crippen molar-refractivity contribution in [2.75, 3.05) is 17.2 Å².